The summed E-state index contributed by atoms with van der Waals surface area (Å²) in [5, 5.41) is 3.28. The van der Waals surface area contributed by atoms with Gasteiger partial charge in [0.15, 0.2) is 0 Å². The molecule has 1 unspecified atom stereocenters. The fraction of sp³-hybridized carbons (Fsp3) is 0.407. The highest BCUT2D eigenvalue weighted by atomic mass is 79.9. The van der Waals surface area contributed by atoms with Crippen LogP contribution in [0, 0.1) is 0 Å². The van der Waals surface area contributed by atoms with Crippen molar-refractivity contribution in [3.8, 4) is 0 Å². The normalized spacial score (nSPS) is 14.5. The molecule has 6 heteroatoms. The maximum Gasteiger partial charge on any atom is 0.257 e. The van der Waals surface area contributed by atoms with Crippen LogP contribution < -0.4 is 10.9 Å². The fourth-order valence-electron chi connectivity index (χ4n) is 4.41. The van der Waals surface area contributed by atoms with Gasteiger partial charge in [0.1, 0.15) is 5.82 Å². The number of hydrogen-bond donors (Lipinski definition) is 1. The van der Waals surface area contributed by atoms with Crippen LogP contribution in [-0.4, -0.2) is 34.6 Å². The summed E-state index contributed by atoms with van der Waals surface area (Å²) in [6.07, 6.45) is 4.92. The van der Waals surface area contributed by atoms with Crippen molar-refractivity contribution in [1.29, 1.82) is 0 Å². The van der Waals surface area contributed by atoms with Gasteiger partial charge < -0.3 is 5.32 Å². The Morgan fingerprint density at radius 2 is 1.85 bits per heavy atom. The summed E-state index contributed by atoms with van der Waals surface area (Å²) < 4.78 is 3.01. The molecule has 1 aliphatic rings. The Bertz CT molecular complexity index is 1090. The third-order valence-electron chi connectivity index (χ3n) is 6.38. The van der Waals surface area contributed by atoms with E-state index in [1.807, 2.05) is 36.0 Å². The highest BCUT2D eigenvalue weighted by Crippen LogP contribution is 2.38. The van der Waals surface area contributed by atoms with E-state index in [1.165, 1.54) is 5.56 Å². The SMILES string of the molecule is CCC(c1ncc(C2CC2)c(=O)n1Cc1ccccc1)N(CCNC)Cc1ccc(Br)cc1. The lowest BCUT2D eigenvalue weighted by Crippen LogP contribution is -2.38. The van der Waals surface area contributed by atoms with Gasteiger partial charge in [-0.3, -0.25) is 14.3 Å². The molecule has 1 saturated carbocycles. The van der Waals surface area contributed by atoms with E-state index in [0.717, 1.165) is 60.3 Å². The van der Waals surface area contributed by atoms with Crippen molar-refractivity contribution in [2.24, 2.45) is 0 Å². The number of nitrogens with zero attached hydrogens (tertiary/aromatic N) is 3. The lowest BCUT2D eigenvalue weighted by atomic mass is 10.1. The van der Waals surface area contributed by atoms with Crippen molar-refractivity contribution >= 4 is 15.9 Å². The zero-order valence-electron chi connectivity index (χ0n) is 19.5. The predicted octanol–water partition coefficient (Wildman–Crippen LogP) is 5.10. The van der Waals surface area contributed by atoms with Crippen LogP contribution in [0.4, 0.5) is 0 Å². The summed E-state index contributed by atoms with van der Waals surface area (Å²) >= 11 is 3.53. The van der Waals surface area contributed by atoms with E-state index >= 15 is 0 Å². The maximum absolute atomic E-state index is 13.6. The second-order valence-electron chi connectivity index (χ2n) is 8.85. The first-order chi connectivity index (χ1) is 16.1. The molecular formula is C27H33BrN4O. The number of benzene rings is 2. The highest BCUT2D eigenvalue weighted by Gasteiger charge is 2.30. The number of rotatable bonds is 11. The van der Waals surface area contributed by atoms with Gasteiger partial charge in [-0.2, -0.15) is 0 Å². The Kier molecular flexibility index (Phi) is 8.12. The molecule has 1 N–H and O–H groups in total. The van der Waals surface area contributed by atoms with Crippen molar-refractivity contribution < 1.29 is 0 Å². The van der Waals surface area contributed by atoms with E-state index in [0.29, 0.717) is 12.5 Å². The Balaban J connectivity index is 1.72. The summed E-state index contributed by atoms with van der Waals surface area (Å²) in [7, 11) is 1.98. The highest BCUT2D eigenvalue weighted by molar-refractivity contribution is 9.10. The lowest BCUT2D eigenvalue weighted by Gasteiger charge is -2.32. The molecule has 5 nitrogen and oxygen atoms in total. The maximum atomic E-state index is 13.6. The predicted molar refractivity (Wildman–Crippen MR) is 138 cm³/mol. The monoisotopic (exact) mass is 508 g/mol. The molecule has 174 valence electrons. The summed E-state index contributed by atoms with van der Waals surface area (Å²) in [5.74, 6) is 1.24. The van der Waals surface area contributed by atoms with Gasteiger partial charge in [0.05, 0.1) is 12.6 Å². The van der Waals surface area contributed by atoms with Gasteiger partial charge in [-0.25, -0.2) is 4.98 Å². The van der Waals surface area contributed by atoms with Gasteiger partial charge in [-0.15, -0.1) is 0 Å². The number of hydrogen-bond acceptors (Lipinski definition) is 4. The molecule has 0 radical (unpaired) electrons. The molecule has 1 atom stereocenters. The molecule has 4 rings (SSSR count). The van der Waals surface area contributed by atoms with Gasteiger partial charge in [0, 0.05) is 35.9 Å². The number of nitrogens with one attached hydrogen (secondary N) is 1. The number of likely N-dealkylation sites (N-methyl/N-ethyl adjacent to an activating group) is 1. The first kappa shape index (κ1) is 23.9. The van der Waals surface area contributed by atoms with E-state index < -0.39 is 0 Å². The molecule has 0 amide bonds. The molecule has 1 aliphatic carbocycles. The molecule has 0 aliphatic heterocycles. The van der Waals surface area contributed by atoms with Gasteiger partial charge in [-0.1, -0.05) is 65.3 Å². The topological polar surface area (TPSA) is 50.2 Å². The van der Waals surface area contributed by atoms with Gasteiger partial charge >= 0.3 is 0 Å². The Hall–Kier alpha value is -2.28. The van der Waals surface area contributed by atoms with Crippen molar-refractivity contribution in [3.63, 3.8) is 0 Å². The third-order valence-corrected chi connectivity index (χ3v) is 6.91. The summed E-state index contributed by atoms with van der Waals surface area (Å²) in [6, 6.07) is 18.8. The Morgan fingerprint density at radius 1 is 1.12 bits per heavy atom. The minimum Gasteiger partial charge on any atom is -0.318 e. The average molecular weight is 509 g/mol. The molecule has 3 aromatic rings. The molecule has 2 aromatic carbocycles. The van der Waals surface area contributed by atoms with Crippen LogP contribution in [0.15, 0.2) is 70.1 Å². The molecule has 0 spiro atoms. The minimum atomic E-state index is 0.0478. The zero-order chi connectivity index (χ0) is 23.2. The van der Waals surface area contributed by atoms with Crippen molar-refractivity contribution in [2.75, 3.05) is 20.1 Å². The van der Waals surface area contributed by atoms with Crippen LogP contribution in [0.2, 0.25) is 0 Å². The first-order valence-electron chi connectivity index (χ1n) is 11.9. The van der Waals surface area contributed by atoms with Gasteiger partial charge in [-0.05, 0) is 55.5 Å². The lowest BCUT2D eigenvalue weighted by molar-refractivity contribution is 0.172. The van der Waals surface area contributed by atoms with Crippen LogP contribution in [0.5, 0.6) is 0 Å². The van der Waals surface area contributed by atoms with Crippen LogP contribution in [0.1, 0.15) is 60.7 Å². The second kappa shape index (κ2) is 11.2. The number of aromatic nitrogens is 2. The van der Waals surface area contributed by atoms with E-state index in [4.69, 9.17) is 4.98 Å². The molecule has 33 heavy (non-hydrogen) atoms. The summed E-state index contributed by atoms with van der Waals surface area (Å²) in [4.78, 5) is 21.0. The molecular weight excluding hydrogens is 476 g/mol. The van der Waals surface area contributed by atoms with Crippen molar-refractivity contribution in [1.82, 2.24) is 19.8 Å². The molecule has 1 heterocycles. The Labute approximate surface area is 205 Å². The van der Waals surface area contributed by atoms with Crippen LogP contribution in [0.3, 0.4) is 0 Å². The average Bonchev–Trinajstić information content (AvgIpc) is 3.67. The van der Waals surface area contributed by atoms with Gasteiger partial charge in [0.25, 0.3) is 5.56 Å². The van der Waals surface area contributed by atoms with E-state index in [1.54, 1.807) is 0 Å². The Morgan fingerprint density at radius 3 is 2.48 bits per heavy atom. The standard InChI is InChI=1S/C27H33BrN4O/c1-3-25(31(16-15-29-2)18-21-9-13-23(28)14-10-21)26-30-17-24(22-11-12-22)27(33)32(26)19-20-7-5-4-6-8-20/h4-10,13-14,17,22,25,29H,3,11-12,15-16,18-19H2,1-2H3. The van der Waals surface area contributed by atoms with E-state index in [2.05, 4.69) is 69.5 Å². The largest absolute Gasteiger partial charge is 0.318 e. The van der Waals surface area contributed by atoms with E-state index in [-0.39, 0.29) is 11.6 Å². The fourth-order valence-corrected chi connectivity index (χ4v) is 4.67. The van der Waals surface area contributed by atoms with Crippen LogP contribution >= 0.6 is 15.9 Å². The summed E-state index contributed by atoms with van der Waals surface area (Å²) in [6.45, 7) is 5.29. The molecule has 0 saturated heterocycles. The van der Waals surface area contributed by atoms with Crippen molar-refractivity contribution in [2.45, 2.75) is 51.2 Å². The second-order valence-corrected chi connectivity index (χ2v) is 9.76. The quantitative estimate of drug-likeness (QED) is 0.391. The molecule has 0 bridgehead atoms. The van der Waals surface area contributed by atoms with E-state index in [9.17, 15) is 4.79 Å². The molecule has 1 fully saturated rings. The first-order valence-corrected chi connectivity index (χ1v) is 12.7. The minimum absolute atomic E-state index is 0.0478. The number of halogens is 1. The van der Waals surface area contributed by atoms with Crippen LogP contribution in [-0.2, 0) is 13.1 Å². The zero-order valence-corrected chi connectivity index (χ0v) is 21.1. The van der Waals surface area contributed by atoms with Crippen molar-refractivity contribution in [3.05, 3.63) is 98.1 Å². The van der Waals surface area contributed by atoms with Crippen LogP contribution in [0.25, 0.3) is 0 Å². The summed E-state index contributed by atoms with van der Waals surface area (Å²) in [5.41, 5.74) is 3.38. The van der Waals surface area contributed by atoms with Gasteiger partial charge in [0.2, 0.25) is 0 Å². The molecule has 1 aromatic heterocycles. The smallest absolute Gasteiger partial charge is 0.257 e. The third kappa shape index (κ3) is 5.99.